The van der Waals surface area contributed by atoms with Crippen LogP contribution in [0.2, 0.25) is 0 Å². The molecule has 1 atom stereocenters. The van der Waals surface area contributed by atoms with Crippen LogP contribution in [0.3, 0.4) is 0 Å². The molecule has 0 fully saturated rings. The van der Waals surface area contributed by atoms with E-state index in [-0.39, 0.29) is 5.92 Å². The van der Waals surface area contributed by atoms with Gasteiger partial charge in [0, 0.05) is 6.54 Å². The molecule has 0 aliphatic carbocycles. The molecule has 14 heavy (non-hydrogen) atoms. The lowest BCUT2D eigenvalue weighted by molar-refractivity contribution is 0.161. The quantitative estimate of drug-likeness (QED) is 0.611. The van der Waals surface area contributed by atoms with E-state index in [2.05, 4.69) is 30.0 Å². The Kier molecular flexibility index (Phi) is 3.71. The van der Waals surface area contributed by atoms with E-state index >= 15 is 0 Å². The fourth-order valence-corrected chi connectivity index (χ4v) is 1.29. The van der Waals surface area contributed by atoms with Crippen LogP contribution in [-0.4, -0.2) is 28.6 Å². The summed E-state index contributed by atoms with van der Waals surface area (Å²) in [4.78, 5) is 0. The molecule has 1 unspecified atom stereocenters. The molecule has 5 heteroatoms. The normalized spacial score (nSPS) is 18.8. The summed E-state index contributed by atoms with van der Waals surface area (Å²) in [6, 6.07) is 0. The topological polar surface area (TPSA) is 59.9 Å². The molecule has 0 radical (unpaired) electrons. The smallest absolute Gasteiger partial charge is 0.171 e. The molecular formula is C9H20N4O. The molecule has 0 amide bonds. The van der Waals surface area contributed by atoms with E-state index in [4.69, 9.17) is 0 Å². The molecular weight excluding hydrogens is 180 g/mol. The van der Waals surface area contributed by atoms with Gasteiger partial charge in [-0.3, -0.25) is 5.01 Å². The number of aliphatic hydroxyl groups is 1. The van der Waals surface area contributed by atoms with Gasteiger partial charge < -0.3 is 5.11 Å². The van der Waals surface area contributed by atoms with Crippen molar-refractivity contribution in [1.82, 2.24) is 16.1 Å². The molecule has 0 bridgehead atoms. The first-order valence-corrected chi connectivity index (χ1v) is 5.06. The largest absolute Gasteiger partial charge is 0.385 e. The van der Waals surface area contributed by atoms with Crippen LogP contribution in [0.15, 0.2) is 5.10 Å². The molecule has 3 N–H and O–H groups in total. The third-order valence-corrected chi connectivity index (χ3v) is 2.08. The van der Waals surface area contributed by atoms with Crippen molar-refractivity contribution in [2.75, 3.05) is 6.54 Å². The minimum absolute atomic E-state index is 0.171. The fraction of sp³-hybridized carbons (Fsp3) is 0.889. The third kappa shape index (κ3) is 2.59. The summed E-state index contributed by atoms with van der Waals surface area (Å²) < 4.78 is 0. The second-order valence-electron chi connectivity index (χ2n) is 4.39. The summed E-state index contributed by atoms with van der Waals surface area (Å²) in [5.41, 5.74) is 5.56. The highest BCUT2D eigenvalue weighted by Gasteiger charge is 2.26. The van der Waals surface area contributed by atoms with E-state index in [0.29, 0.717) is 11.8 Å². The number of hydrogen-bond donors (Lipinski definition) is 3. The molecule has 1 aliphatic heterocycles. The van der Waals surface area contributed by atoms with E-state index in [1.807, 2.05) is 18.9 Å². The molecule has 0 spiro atoms. The Morgan fingerprint density at radius 1 is 1.36 bits per heavy atom. The average molecular weight is 200 g/mol. The average Bonchev–Trinajstić information content (AvgIpc) is 2.49. The standard InChI is InChI=1S/C9H20N4O/c1-6(2)5-13-9(10-11-12-13)8(14)7(3)4/h6-8,11-12,14H,5H2,1-4H3. The number of nitrogens with zero attached hydrogens (tertiary/aromatic N) is 2. The second-order valence-corrected chi connectivity index (χ2v) is 4.39. The van der Waals surface area contributed by atoms with Gasteiger partial charge >= 0.3 is 0 Å². The molecule has 0 aromatic carbocycles. The Hall–Kier alpha value is -0.810. The predicted molar refractivity (Wildman–Crippen MR) is 56.1 cm³/mol. The van der Waals surface area contributed by atoms with Crippen molar-refractivity contribution in [3.8, 4) is 0 Å². The maximum atomic E-state index is 9.86. The molecule has 82 valence electrons. The molecule has 0 saturated heterocycles. The van der Waals surface area contributed by atoms with Gasteiger partial charge in [0.2, 0.25) is 0 Å². The van der Waals surface area contributed by atoms with Gasteiger partial charge in [0.25, 0.3) is 0 Å². The number of aliphatic hydroxyl groups excluding tert-OH is 1. The first-order chi connectivity index (χ1) is 6.52. The number of amidine groups is 1. The van der Waals surface area contributed by atoms with Crippen LogP contribution in [0.5, 0.6) is 0 Å². The molecule has 5 nitrogen and oxygen atoms in total. The van der Waals surface area contributed by atoms with Crippen LogP contribution in [0, 0.1) is 11.8 Å². The maximum absolute atomic E-state index is 9.86. The van der Waals surface area contributed by atoms with Crippen molar-refractivity contribution >= 4 is 5.84 Å². The summed E-state index contributed by atoms with van der Waals surface area (Å²) in [7, 11) is 0. The van der Waals surface area contributed by atoms with Gasteiger partial charge in [-0.2, -0.15) is 0 Å². The van der Waals surface area contributed by atoms with Gasteiger partial charge in [0.05, 0.1) is 0 Å². The summed E-state index contributed by atoms with van der Waals surface area (Å²) in [5, 5.41) is 15.7. The van der Waals surface area contributed by atoms with Crippen LogP contribution in [-0.2, 0) is 0 Å². The Balaban J connectivity index is 2.58. The Labute approximate surface area is 85.1 Å². The Morgan fingerprint density at radius 3 is 2.50 bits per heavy atom. The molecule has 0 aromatic rings. The van der Waals surface area contributed by atoms with E-state index in [0.717, 1.165) is 6.54 Å². The summed E-state index contributed by atoms with van der Waals surface area (Å²) in [6.07, 6.45) is -0.517. The maximum Gasteiger partial charge on any atom is 0.171 e. The van der Waals surface area contributed by atoms with Gasteiger partial charge in [0.15, 0.2) is 5.84 Å². The van der Waals surface area contributed by atoms with Gasteiger partial charge in [-0.05, 0) is 11.8 Å². The summed E-state index contributed by atoms with van der Waals surface area (Å²) >= 11 is 0. The van der Waals surface area contributed by atoms with Crippen molar-refractivity contribution in [1.29, 1.82) is 0 Å². The Bertz CT molecular complexity index is 215. The van der Waals surface area contributed by atoms with Crippen molar-refractivity contribution < 1.29 is 5.11 Å². The fourth-order valence-electron chi connectivity index (χ4n) is 1.29. The lowest BCUT2D eigenvalue weighted by atomic mass is 10.1. The van der Waals surface area contributed by atoms with E-state index < -0.39 is 6.10 Å². The first-order valence-electron chi connectivity index (χ1n) is 5.06. The lowest BCUT2D eigenvalue weighted by Crippen LogP contribution is -2.47. The van der Waals surface area contributed by atoms with Crippen LogP contribution < -0.4 is 11.1 Å². The van der Waals surface area contributed by atoms with Gasteiger partial charge in [-0.25, -0.2) is 5.53 Å². The van der Waals surface area contributed by atoms with Crippen LogP contribution in [0.25, 0.3) is 0 Å². The summed E-state index contributed by atoms with van der Waals surface area (Å²) in [6.45, 7) is 9.02. The zero-order valence-corrected chi connectivity index (χ0v) is 9.28. The van der Waals surface area contributed by atoms with Crippen LogP contribution >= 0.6 is 0 Å². The summed E-state index contributed by atoms with van der Waals surface area (Å²) in [5.74, 6) is 1.37. The molecule has 0 saturated carbocycles. The highest BCUT2D eigenvalue weighted by molar-refractivity contribution is 5.86. The van der Waals surface area contributed by atoms with Gasteiger partial charge in [-0.1, -0.05) is 27.7 Å². The zero-order valence-electron chi connectivity index (χ0n) is 9.28. The third-order valence-electron chi connectivity index (χ3n) is 2.08. The van der Waals surface area contributed by atoms with Gasteiger partial charge in [-0.15, -0.1) is 10.6 Å². The Morgan fingerprint density at radius 2 is 2.00 bits per heavy atom. The highest BCUT2D eigenvalue weighted by Crippen LogP contribution is 2.09. The van der Waals surface area contributed by atoms with Crippen molar-refractivity contribution in [3.05, 3.63) is 0 Å². The molecule has 0 aromatic heterocycles. The predicted octanol–water partition coefficient (Wildman–Crippen LogP) is 0.298. The molecule has 1 rings (SSSR count). The van der Waals surface area contributed by atoms with Crippen LogP contribution in [0.1, 0.15) is 27.7 Å². The highest BCUT2D eigenvalue weighted by atomic mass is 16.3. The van der Waals surface area contributed by atoms with E-state index in [1.165, 1.54) is 0 Å². The monoisotopic (exact) mass is 200 g/mol. The lowest BCUT2D eigenvalue weighted by Gasteiger charge is -2.25. The number of nitrogens with one attached hydrogen (secondary N) is 2. The van der Waals surface area contributed by atoms with Crippen molar-refractivity contribution in [3.63, 3.8) is 0 Å². The molecule has 1 aliphatic rings. The number of hydrazone groups is 1. The van der Waals surface area contributed by atoms with Crippen molar-refractivity contribution in [2.45, 2.75) is 33.8 Å². The number of hydrazine groups is 2. The molecule has 1 heterocycles. The van der Waals surface area contributed by atoms with Gasteiger partial charge in [0.1, 0.15) is 6.10 Å². The van der Waals surface area contributed by atoms with E-state index in [1.54, 1.807) is 0 Å². The first kappa shape index (κ1) is 11.3. The van der Waals surface area contributed by atoms with E-state index in [9.17, 15) is 5.11 Å². The van der Waals surface area contributed by atoms with Crippen molar-refractivity contribution in [2.24, 2.45) is 16.9 Å². The zero-order chi connectivity index (χ0) is 10.7. The SMILES string of the molecule is CC(C)CN1NNN=C1C(O)C(C)C. The van der Waals surface area contributed by atoms with Crippen LogP contribution in [0.4, 0.5) is 0 Å². The number of rotatable bonds is 4. The number of hydrogen-bond acceptors (Lipinski definition) is 5. The minimum atomic E-state index is -0.517. The minimum Gasteiger partial charge on any atom is -0.385 e. The second kappa shape index (κ2) is 4.61.